The molecule has 0 amide bonds. The Kier molecular flexibility index (Phi) is 4.62. The summed E-state index contributed by atoms with van der Waals surface area (Å²) in [4.78, 5) is 11.7. The van der Waals surface area contributed by atoms with E-state index in [-0.39, 0.29) is 11.6 Å². The standard InChI is InChI=1S/C13H24O2/c1-4-13(2,3)15-12(14)10-11-8-6-5-7-9-11/h11H,4-10H2,1-3H3. The second kappa shape index (κ2) is 5.53. The molecule has 0 radical (unpaired) electrons. The van der Waals surface area contributed by atoms with Gasteiger partial charge in [-0.05, 0) is 39.0 Å². The Morgan fingerprint density at radius 3 is 2.40 bits per heavy atom. The molecule has 1 rings (SSSR count). The molecule has 1 fully saturated rings. The van der Waals surface area contributed by atoms with E-state index in [2.05, 4.69) is 0 Å². The highest BCUT2D eigenvalue weighted by Crippen LogP contribution is 2.27. The van der Waals surface area contributed by atoms with E-state index in [1.54, 1.807) is 0 Å². The largest absolute Gasteiger partial charge is 0.460 e. The van der Waals surface area contributed by atoms with Gasteiger partial charge < -0.3 is 4.74 Å². The van der Waals surface area contributed by atoms with Crippen LogP contribution in [0.2, 0.25) is 0 Å². The average molecular weight is 212 g/mol. The number of esters is 1. The molecule has 0 N–H and O–H groups in total. The van der Waals surface area contributed by atoms with Crippen molar-refractivity contribution < 1.29 is 9.53 Å². The molecule has 0 aromatic rings. The highest BCUT2D eigenvalue weighted by Gasteiger charge is 2.23. The quantitative estimate of drug-likeness (QED) is 0.664. The third-order valence-corrected chi connectivity index (χ3v) is 3.42. The van der Waals surface area contributed by atoms with Crippen LogP contribution in [0.15, 0.2) is 0 Å². The van der Waals surface area contributed by atoms with Gasteiger partial charge >= 0.3 is 5.97 Å². The van der Waals surface area contributed by atoms with E-state index in [1.807, 2.05) is 20.8 Å². The monoisotopic (exact) mass is 212 g/mol. The molecule has 0 bridgehead atoms. The molecule has 0 aromatic carbocycles. The Hall–Kier alpha value is -0.530. The van der Waals surface area contributed by atoms with Gasteiger partial charge in [-0.15, -0.1) is 0 Å². The predicted octanol–water partition coefficient (Wildman–Crippen LogP) is 3.69. The van der Waals surface area contributed by atoms with Crippen LogP contribution >= 0.6 is 0 Å². The second-order valence-corrected chi connectivity index (χ2v) is 5.30. The smallest absolute Gasteiger partial charge is 0.306 e. The van der Waals surface area contributed by atoms with Gasteiger partial charge in [-0.2, -0.15) is 0 Å². The molecule has 88 valence electrons. The molecule has 0 saturated heterocycles. The third-order valence-electron chi connectivity index (χ3n) is 3.42. The Balaban J connectivity index is 2.28. The summed E-state index contributed by atoms with van der Waals surface area (Å²) in [6.07, 6.45) is 7.84. The van der Waals surface area contributed by atoms with E-state index in [4.69, 9.17) is 4.74 Å². The fourth-order valence-corrected chi connectivity index (χ4v) is 2.05. The molecule has 0 aromatic heterocycles. The van der Waals surface area contributed by atoms with Gasteiger partial charge in [-0.1, -0.05) is 26.2 Å². The van der Waals surface area contributed by atoms with E-state index in [1.165, 1.54) is 32.1 Å². The maximum atomic E-state index is 11.7. The minimum Gasteiger partial charge on any atom is -0.460 e. The van der Waals surface area contributed by atoms with Gasteiger partial charge in [0.25, 0.3) is 0 Å². The summed E-state index contributed by atoms with van der Waals surface area (Å²) in [5.41, 5.74) is -0.286. The average Bonchev–Trinajstić information content (AvgIpc) is 2.18. The molecule has 0 unspecified atom stereocenters. The molecular weight excluding hydrogens is 188 g/mol. The molecule has 1 saturated carbocycles. The number of hydrogen-bond acceptors (Lipinski definition) is 2. The summed E-state index contributed by atoms with van der Waals surface area (Å²) < 4.78 is 5.45. The molecule has 1 aliphatic rings. The predicted molar refractivity (Wildman–Crippen MR) is 61.7 cm³/mol. The minimum atomic E-state index is -0.286. The van der Waals surface area contributed by atoms with Crippen molar-refractivity contribution in [3.8, 4) is 0 Å². The zero-order valence-electron chi connectivity index (χ0n) is 10.3. The first-order valence-corrected chi connectivity index (χ1v) is 6.25. The molecule has 0 aliphatic heterocycles. The lowest BCUT2D eigenvalue weighted by atomic mass is 9.87. The Morgan fingerprint density at radius 2 is 1.87 bits per heavy atom. The fraction of sp³-hybridized carbons (Fsp3) is 0.923. The van der Waals surface area contributed by atoms with E-state index in [0.717, 1.165) is 6.42 Å². The van der Waals surface area contributed by atoms with Crippen molar-refractivity contribution in [1.29, 1.82) is 0 Å². The van der Waals surface area contributed by atoms with Gasteiger partial charge in [0.15, 0.2) is 0 Å². The van der Waals surface area contributed by atoms with Crippen LogP contribution < -0.4 is 0 Å². The zero-order valence-corrected chi connectivity index (χ0v) is 10.3. The molecule has 2 nitrogen and oxygen atoms in total. The van der Waals surface area contributed by atoms with Crippen LogP contribution in [0, 0.1) is 5.92 Å². The van der Waals surface area contributed by atoms with Crippen molar-refractivity contribution in [2.45, 2.75) is 71.3 Å². The summed E-state index contributed by atoms with van der Waals surface area (Å²) in [7, 11) is 0. The second-order valence-electron chi connectivity index (χ2n) is 5.30. The lowest BCUT2D eigenvalue weighted by molar-refractivity contribution is -0.158. The number of ether oxygens (including phenoxy) is 1. The number of carbonyl (C=O) groups excluding carboxylic acids is 1. The first-order valence-electron chi connectivity index (χ1n) is 6.25. The summed E-state index contributed by atoms with van der Waals surface area (Å²) in [5, 5.41) is 0. The van der Waals surface area contributed by atoms with Gasteiger partial charge in [-0.25, -0.2) is 0 Å². The molecule has 0 atom stereocenters. The van der Waals surface area contributed by atoms with E-state index in [0.29, 0.717) is 12.3 Å². The van der Waals surface area contributed by atoms with Gasteiger partial charge in [-0.3, -0.25) is 4.79 Å². The molecule has 2 heteroatoms. The van der Waals surface area contributed by atoms with Crippen LogP contribution in [0.5, 0.6) is 0 Å². The van der Waals surface area contributed by atoms with E-state index >= 15 is 0 Å². The minimum absolute atomic E-state index is 0.00579. The third kappa shape index (κ3) is 4.67. The summed E-state index contributed by atoms with van der Waals surface area (Å²) >= 11 is 0. The molecule has 0 spiro atoms. The maximum Gasteiger partial charge on any atom is 0.306 e. The summed E-state index contributed by atoms with van der Waals surface area (Å²) in [6, 6.07) is 0. The Labute approximate surface area is 93.4 Å². The van der Waals surface area contributed by atoms with Crippen LogP contribution in [-0.2, 0) is 9.53 Å². The number of rotatable bonds is 4. The summed E-state index contributed by atoms with van der Waals surface area (Å²) in [5.74, 6) is 0.577. The molecular formula is C13H24O2. The van der Waals surface area contributed by atoms with Gasteiger partial charge in [0.05, 0.1) is 0 Å². The Bertz CT molecular complexity index is 203. The Morgan fingerprint density at radius 1 is 1.27 bits per heavy atom. The van der Waals surface area contributed by atoms with Crippen molar-refractivity contribution in [3.63, 3.8) is 0 Å². The SMILES string of the molecule is CCC(C)(C)OC(=O)CC1CCCCC1. The van der Waals surface area contributed by atoms with Gasteiger partial charge in [0.1, 0.15) is 5.60 Å². The van der Waals surface area contributed by atoms with Crippen molar-refractivity contribution >= 4 is 5.97 Å². The van der Waals surface area contributed by atoms with Crippen molar-refractivity contribution in [2.75, 3.05) is 0 Å². The molecule has 0 heterocycles. The highest BCUT2D eigenvalue weighted by atomic mass is 16.6. The highest BCUT2D eigenvalue weighted by molar-refractivity contribution is 5.70. The first-order chi connectivity index (χ1) is 7.03. The van der Waals surface area contributed by atoms with Crippen LogP contribution in [0.4, 0.5) is 0 Å². The molecule has 1 aliphatic carbocycles. The molecule has 15 heavy (non-hydrogen) atoms. The number of carbonyl (C=O) groups is 1. The number of hydrogen-bond donors (Lipinski definition) is 0. The lowest BCUT2D eigenvalue weighted by Crippen LogP contribution is -2.28. The van der Waals surface area contributed by atoms with Crippen LogP contribution in [0.25, 0.3) is 0 Å². The van der Waals surface area contributed by atoms with Crippen LogP contribution in [0.1, 0.15) is 65.7 Å². The van der Waals surface area contributed by atoms with E-state index in [9.17, 15) is 4.79 Å². The maximum absolute atomic E-state index is 11.7. The van der Waals surface area contributed by atoms with Crippen molar-refractivity contribution in [3.05, 3.63) is 0 Å². The van der Waals surface area contributed by atoms with Crippen molar-refractivity contribution in [2.24, 2.45) is 5.92 Å². The summed E-state index contributed by atoms with van der Waals surface area (Å²) in [6.45, 7) is 6.01. The lowest BCUT2D eigenvalue weighted by Gasteiger charge is -2.26. The van der Waals surface area contributed by atoms with Gasteiger partial charge in [0, 0.05) is 6.42 Å². The van der Waals surface area contributed by atoms with Gasteiger partial charge in [0.2, 0.25) is 0 Å². The first kappa shape index (κ1) is 12.5. The van der Waals surface area contributed by atoms with Crippen molar-refractivity contribution in [1.82, 2.24) is 0 Å². The van der Waals surface area contributed by atoms with E-state index < -0.39 is 0 Å². The van der Waals surface area contributed by atoms with Crippen LogP contribution in [-0.4, -0.2) is 11.6 Å². The normalized spacial score (nSPS) is 18.9. The topological polar surface area (TPSA) is 26.3 Å². The zero-order chi connectivity index (χ0) is 11.3. The van der Waals surface area contributed by atoms with Crippen LogP contribution in [0.3, 0.4) is 0 Å². The fourth-order valence-electron chi connectivity index (χ4n) is 2.05.